The van der Waals surface area contributed by atoms with E-state index >= 15 is 0 Å². The molecule has 28 heavy (non-hydrogen) atoms. The number of carbonyl (C=O) groups excluding carboxylic acids is 1. The lowest BCUT2D eigenvalue weighted by Gasteiger charge is -2.28. The minimum absolute atomic E-state index is 0.0377. The predicted molar refractivity (Wildman–Crippen MR) is 114 cm³/mol. The summed E-state index contributed by atoms with van der Waals surface area (Å²) in [5.41, 5.74) is 2.04. The molecule has 3 aromatic rings. The van der Waals surface area contributed by atoms with Gasteiger partial charge in [-0.1, -0.05) is 42.5 Å². The normalized spacial score (nSPS) is 14.8. The van der Waals surface area contributed by atoms with Crippen LogP contribution in [0.5, 0.6) is 5.75 Å². The van der Waals surface area contributed by atoms with E-state index in [-0.39, 0.29) is 11.9 Å². The van der Waals surface area contributed by atoms with E-state index in [0.717, 1.165) is 36.2 Å². The Morgan fingerprint density at radius 1 is 1.07 bits per heavy atom. The van der Waals surface area contributed by atoms with E-state index in [4.69, 9.17) is 4.74 Å². The largest absolute Gasteiger partial charge is 0.497 e. The van der Waals surface area contributed by atoms with Crippen LogP contribution >= 0.6 is 0 Å². The molecule has 1 aliphatic rings. The van der Waals surface area contributed by atoms with Crippen LogP contribution in [0.3, 0.4) is 0 Å². The summed E-state index contributed by atoms with van der Waals surface area (Å²) in [7, 11) is 1.67. The number of nitrogens with zero attached hydrogens (tertiary/aromatic N) is 1. The number of methoxy groups -OCH3 is 1. The van der Waals surface area contributed by atoms with Gasteiger partial charge in [-0.05, 0) is 60.4 Å². The van der Waals surface area contributed by atoms with E-state index in [1.807, 2.05) is 49.4 Å². The third kappa shape index (κ3) is 4.18. The number of fused-ring (bicyclic) bond motifs is 1. The van der Waals surface area contributed by atoms with Gasteiger partial charge in [0.15, 0.2) is 0 Å². The third-order valence-electron chi connectivity index (χ3n) is 5.43. The van der Waals surface area contributed by atoms with Crippen molar-refractivity contribution in [2.45, 2.75) is 38.4 Å². The van der Waals surface area contributed by atoms with Crippen molar-refractivity contribution in [3.05, 3.63) is 72.3 Å². The van der Waals surface area contributed by atoms with Gasteiger partial charge in [0.25, 0.3) is 0 Å². The summed E-state index contributed by atoms with van der Waals surface area (Å²) >= 11 is 0. The Hall–Kier alpha value is -2.85. The molecule has 0 spiro atoms. The SMILES string of the molecule is COc1ccc(CN(C2CC2)[C@H](C)C(=O)Nc2ccc3ccccc3c2)cc1. The van der Waals surface area contributed by atoms with Crippen molar-refractivity contribution in [2.24, 2.45) is 0 Å². The van der Waals surface area contributed by atoms with E-state index < -0.39 is 0 Å². The molecule has 1 saturated carbocycles. The molecule has 1 aliphatic carbocycles. The molecule has 1 atom stereocenters. The van der Waals surface area contributed by atoms with Crippen LogP contribution in [0.15, 0.2) is 66.7 Å². The molecular weight excluding hydrogens is 348 g/mol. The number of ether oxygens (including phenoxy) is 1. The zero-order valence-corrected chi connectivity index (χ0v) is 16.4. The average Bonchev–Trinajstić information content (AvgIpc) is 3.57. The molecule has 4 nitrogen and oxygen atoms in total. The van der Waals surface area contributed by atoms with Crippen LogP contribution in [-0.2, 0) is 11.3 Å². The van der Waals surface area contributed by atoms with Crippen LogP contribution in [0.25, 0.3) is 10.8 Å². The summed E-state index contributed by atoms with van der Waals surface area (Å²) in [6, 6.07) is 22.6. The molecule has 144 valence electrons. The van der Waals surface area contributed by atoms with Crippen LogP contribution in [0.4, 0.5) is 5.69 Å². The summed E-state index contributed by atoms with van der Waals surface area (Å²) in [6.45, 7) is 2.76. The fourth-order valence-corrected chi connectivity index (χ4v) is 3.59. The Labute approximate surface area is 166 Å². The van der Waals surface area contributed by atoms with Gasteiger partial charge in [-0.3, -0.25) is 9.69 Å². The standard InChI is InChI=1S/C24H26N2O2/c1-17(24(27)25-21-10-9-19-5-3-4-6-20(19)15-21)26(22-11-12-22)16-18-7-13-23(28-2)14-8-18/h3-10,13-15,17,22H,11-12,16H2,1-2H3,(H,25,27)/t17-/m1/s1. The molecular formula is C24H26N2O2. The lowest BCUT2D eigenvalue weighted by molar-refractivity contribution is -0.121. The van der Waals surface area contributed by atoms with Gasteiger partial charge in [0, 0.05) is 18.3 Å². The lowest BCUT2D eigenvalue weighted by atomic mass is 10.1. The second kappa shape index (κ2) is 8.03. The van der Waals surface area contributed by atoms with Crippen molar-refractivity contribution < 1.29 is 9.53 Å². The van der Waals surface area contributed by atoms with Crippen LogP contribution in [-0.4, -0.2) is 30.0 Å². The Balaban J connectivity index is 1.46. The first-order valence-corrected chi connectivity index (χ1v) is 9.82. The van der Waals surface area contributed by atoms with Gasteiger partial charge in [0.2, 0.25) is 5.91 Å². The number of anilines is 1. The van der Waals surface area contributed by atoms with E-state index in [1.54, 1.807) is 7.11 Å². The first-order valence-electron chi connectivity index (χ1n) is 9.82. The van der Waals surface area contributed by atoms with Crippen LogP contribution in [0.2, 0.25) is 0 Å². The molecule has 0 unspecified atom stereocenters. The topological polar surface area (TPSA) is 41.6 Å². The first kappa shape index (κ1) is 18.5. The molecule has 1 amide bonds. The summed E-state index contributed by atoms with van der Waals surface area (Å²) in [5.74, 6) is 0.888. The molecule has 0 saturated heterocycles. The second-order valence-corrected chi connectivity index (χ2v) is 7.48. The number of hydrogen-bond donors (Lipinski definition) is 1. The predicted octanol–water partition coefficient (Wildman–Crippen LogP) is 4.84. The Morgan fingerprint density at radius 2 is 1.79 bits per heavy atom. The first-order chi connectivity index (χ1) is 13.6. The zero-order chi connectivity index (χ0) is 19.5. The van der Waals surface area contributed by atoms with Crippen LogP contribution in [0.1, 0.15) is 25.3 Å². The minimum atomic E-state index is -0.193. The highest BCUT2D eigenvalue weighted by Crippen LogP contribution is 2.31. The Morgan fingerprint density at radius 3 is 2.46 bits per heavy atom. The number of carbonyl (C=O) groups is 1. The Bertz CT molecular complexity index is 964. The summed E-state index contributed by atoms with van der Waals surface area (Å²) in [4.78, 5) is 15.2. The van der Waals surface area contributed by atoms with Gasteiger partial charge in [0.1, 0.15) is 5.75 Å². The summed E-state index contributed by atoms with van der Waals surface area (Å²) in [6.07, 6.45) is 2.31. The summed E-state index contributed by atoms with van der Waals surface area (Å²) < 4.78 is 5.24. The quantitative estimate of drug-likeness (QED) is 0.643. The van der Waals surface area contributed by atoms with Gasteiger partial charge in [-0.25, -0.2) is 0 Å². The molecule has 1 fully saturated rings. The third-order valence-corrected chi connectivity index (χ3v) is 5.43. The van der Waals surface area contributed by atoms with Crippen molar-refractivity contribution in [1.29, 1.82) is 0 Å². The fourth-order valence-electron chi connectivity index (χ4n) is 3.59. The maximum atomic E-state index is 12.9. The van der Waals surface area contributed by atoms with E-state index in [1.165, 1.54) is 10.9 Å². The molecule has 0 radical (unpaired) electrons. The molecule has 0 aromatic heterocycles. The molecule has 3 aromatic carbocycles. The van der Waals surface area contributed by atoms with Crippen LogP contribution in [0, 0.1) is 0 Å². The second-order valence-electron chi connectivity index (χ2n) is 7.48. The van der Waals surface area contributed by atoms with E-state index in [9.17, 15) is 4.79 Å². The van der Waals surface area contributed by atoms with Gasteiger partial charge in [-0.15, -0.1) is 0 Å². The molecule has 1 N–H and O–H groups in total. The van der Waals surface area contributed by atoms with Crippen molar-refractivity contribution in [3.8, 4) is 5.75 Å². The highest BCUT2D eigenvalue weighted by atomic mass is 16.5. The molecule has 0 bridgehead atoms. The van der Waals surface area contributed by atoms with Crippen LogP contribution < -0.4 is 10.1 Å². The number of nitrogens with one attached hydrogen (secondary N) is 1. The van der Waals surface area contributed by atoms with E-state index in [0.29, 0.717) is 6.04 Å². The number of amides is 1. The maximum Gasteiger partial charge on any atom is 0.241 e. The van der Waals surface area contributed by atoms with Gasteiger partial charge in [0.05, 0.1) is 13.2 Å². The average molecular weight is 374 g/mol. The maximum absolute atomic E-state index is 12.9. The highest BCUT2D eigenvalue weighted by Gasteiger charge is 2.35. The van der Waals surface area contributed by atoms with E-state index in [2.05, 4.69) is 34.5 Å². The van der Waals surface area contributed by atoms with Gasteiger partial charge >= 0.3 is 0 Å². The van der Waals surface area contributed by atoms with Gasteiger partial charge < -0.3 is 10.1 Å². The van der Waals surface area contributed by atoms with Crippen molar-refractivity contribution in [1.82, 2.24) is 4.90 Å². The molecule has 4 rings (SSSR count). The fraction of sp³-hybridized carbons (Fsp3) is 0.292. The zero-order valence-electron chi connectivity index (χ0n) is 16.4. The molecule has 0 heterocycles. The number of hydrogen-bond acceptors (Lipinski definition) is 3. The smallest absolute Gasteiger partial charge is 0.241 e. The minimum Gasteiger partial charge on any atom is -0.497 e. The number of rotatable bonds is 7. The van der Waals surface area contributed by atoms with Crippen molar-refractivity contribution in [2.75, 3.05) is 12.4 Å². The Kier molecular flexibility index (Phi) is 5.31. The molecule has 0 aliphatic heterocycles. The van der Waals surface area contributed by atoms with Crippen molar-refractivity contribution >= 4 is 22.4 Å². The van der Waals surface area contributed by atoms with Crippen molar-refractivity contribution in [3.63, 3.8) is 0 Å². The monoisotopic (exact) mass is 374 g/mol. The molecule has 4 heteroatoms. The lowest BCUT2D eigenvalue weighted by Crippen LogP contribution is -2.42. The highest BCUT2D eigenvalue weighted by molar-refractivity contribution is 5.97. The summed E-state index contributed by atoms with van der Waals surface area (Å²) in [5, 5.41) is 5.40. The van der Waals surface area contributed by atoms with Gasteiger partial charge in [-0.2, -0.15) is 0 Å². The number of benzene rings is 3.